The standard InChI is InChI=1S/C14H16ClN3O2S/c15-11-3-1-10(2-4-11)13-16-18(14(21)20-13)9-17-7-5-12(19)6-8-17/h1-4,12,19H,5-9H2/p+1. The highest BCUT2D eigenvalue weighted by atomic mass is 35.5. The first-order valence-electron chi connectivity index (χ1n) is 6.97. The summed E-state index contributed by atoms with van der Waals surface area (Å²) in [5.41, 5.74) is 0.855. The van der Waals surface area contributed by atoms with E-state index in [1.54, 1.807) is 16.8 Å². The van der Waals surface area contributed by atoms with Crippen LogP contribution in [-0.2, 0) is 6.67 Å². The normalized spacial score (nSPS) is 22.4. The smallest absolute Gasteiger partial charge is 0.292 e. The van der Waals surface area contributed by atoms with E-state index in [0.29, 0.717) is 22.4 Å². The third-order valence-electron chi connectivity index (χ3n) is 3.73. The van der Waals surface area contributed by atoms with Crippen molar-refractivity contribution in [2.75, 3.05) is 13.1 Å². The van der Waals surface area contributed by atoms with Gasteiger partial charge in [0.1, 0.15) is 0 Å². The molecule has 0 aliphatic carbocycles. The number of aliphatic hydroxyl groups excluding tert-OH is 1. The molecular formula is C14H17ClN3O2S+. The van der Waals surface area contributed by atoms with Gasteiger partial charge in [0.25, 0.3) is 4.84 Å². The molecule has 112 valence electrons. The van der Waals surface area contributed by atoms with Crippen molar-refractivity contribution in [2.24, 2.45) is 0 Å². The van der Waals surface area contributed by atoms with Gasteiger partial charge in [0.15, 0.2) is 6.67 Å². The van der Waals surface area contributed by atoms with Crippen LogP contribution in [0.15, 0.2) is 28.7 Å². The molecule has 1 saturated heterocycles. The van der Waals surface area contributed by atoms with Gasteiger partial charge < -0.3 is 14.4 Å². The minimum absolute atomic E-state index is 0.163. The molecule has 1 aliphatic rings. The quantitative estimate of drug-likeness (QED) is 0.840. The monoisotopic (exact) mass is 326 g/mol. The first kappa shape index (κ1) is 14.7. The molecule has 2 aromatic rings. The molecule has 0 unspecified atom stereocenters. The topological polar surface area (TPSA) is 55.6 Å². The Bertz CT molecular complexity index is 660. The van der Waals surface area contributed by atoms with E-state index in [0.717, 1.165) is 31.5 Å². The van der Waals surface area contributed by atoms with Crippen LogP contribution in [0.3, 0.4) is 0 Å². The molecule has 21 heavy (non-hydrogen) atoms. The van der Waals surface area contributed by atoms with Gasteiger partial charge in [-0.2, -0.15) is 4.68 Å². The van der Waals surface area contributed by atoms with Crippen LogP contribution in [0.1, 0.15) is 12.8 Å². The van der Waals surface area contributed by atoms with Crippen molar-refractivity contribution in [1.82, 2.24) is 9.78 Å². The molecule has 0 amide bonds. The zero-order valence-electron chi connectivity index (χ0n) is 11.5. The van der Waals surface area contributed by atoms with Crippen LogP contribution in [0, 0.1) is 4.84 Å². The van der Waals surface area contributed by atoms with Crippen molar-refractivity contribution in [3.63, 3.8) is 0 Å². The number of aliphatic hydroxyl groups is 1. The maximum Gasteiger partial charge on any atom is 0.292 e. The van der Waals surface area contributed by atoms with E-state index in [9.17, 15) is 5.11 Å². The molecule has 0 bridgehead atoms. The van der Waals surface area contributed by atoms with Crippen molar-refractivity contribution >= 4 is 23.8 Å². The number of quaternary nitrogens is 1. The summed E-state index contributed by atoms with van der Waals surface area (Å²) in [7, 11) is 0. The number of halogens is 1. The van der Waals surface area contributed by atoms with Crippen LogP contribution in [0.5, 0.6) is 0 Å². The summed E-state index contributed by atoms with van der Waals surface area (Å²) in [6.45, 7) is 2.51. The fourth-order valence-electron chi connectivity index (χ4n) is 2.50. The summed E-state index contributed by atoms with van der Waals surface area (Å²) in [4.78, 5) is 1.73. The van der Waals surface area contributed by atoms with E-state index in [-0.39, 0.29) is 6.10 Å². The lowest BCUT2D eigenvalue weighted by Gasteiger charge is -2.25. The Morgan fingerprint density at radius 2 is 2.00 bits per heavy atom. The number of hydrogen-bond acceptors (Lipinski definition) is 4. The maximum atomic E-state index is 9.54. The second kappa shape index (κ2) is 6.27. The Hall–Kier alpha value is -1.21. The molecule has 2 N–H and O–H groups in total. The minimum Gasteiger partial charge on any atom is -0.409 e. The van der Waals surface area contributed by atoms with E-state index in [4.69, 9.17) is 28.2 Å². The molecule has 0 spiro atoms. The third kappa shape index (κ3) is 3.52. The van der Waals surface area contributed by atoms with Gasteiger partial charge >= 0.3 is 0 Å². The zero-order valence-corrected chi connectivity index (χ0v) is 13.0. The van der Waals surface area contributed by atoms with Crippen LogP contribution in [0.2, 0.25) is 5.02 Å². The number of piperidine rings is 1. The molecule has 5 nitrogen and oxygen atoms in total. The molecule has 1 aliphatic heterocycles. The molecular weight excluding hydrogens is 310 g/mol. The van der Waals surface area contributed by atoms with Gasteiger partial charge in [-0.05, 0) is 36.5 Å². The minimum atomic E-state index is -0.163. The summed E-state index contributed by atoms with van der Waals surface area (Å²) in [5.74, 6) is 0.508. The van der Waals surface area contributed by atoms with Crippen LogP contribution in [0.25, 0.3) is 11.5 Å². The van der Waals surface area contributed by atoms with Crippen LogP contribution < -0.4 is 4.90 Å². The van der Waals surface area contributed by atoms with Gasteiger partial charge in [-0.1, -0.05) is 11.6 Å². The van der Waals surface area contributed by atoms with Crippen LogP contribution >= 0.6 is 23.8 Å². The second-order valence-electron chi connectivity index (χ2n) is 5.32. The third-order valence-corrected chi connectivity index (χ3v) is 4.28. The Kier molecular flexibility index (Phi) is 4.40. The summed E-state index contributed by atoms with van der Waals surface area (Å²) in [6.07, 6.45) is 1.48. The van der Waals surface area contributed by atoms with Crippen molar-refractivity contribution in [3.8, 4) is 11.5 Å². The Morgan fingerprint density at radius 3 is 2.67 bits per heavy atom. The fourth-order valence-corrected chi connectivity index (χ4v) is 2.81. The van der Waals surface area contributed by atoms with Gasteiger partial charge in [-0.15, -0.1) is 5.10 Å². The van der Waals surface area contributed by atoms with Gasteiger partial charge in [0.2, 0.25) is 5.89 Å². The lowest BCUT2D eigenvalue weighted by Crippen LogP contribution is -3.12. The number of benzene rings is 1. The average molecular weight is 327 g/mol. The molecule has 1 aromatic carbocycles. The lowest BCUT2D eigenvalue weighted by atomic mass is 10.1. The van der Waals surface area contributed by atoms with Crippen molar-refractivity contribution < 1.29 is 14.4 Å². The largest absolute Gasteiger partial charge is 0.409 e. The van der Waals surface area contributed by atoms with E-state index in [1.165, 1.54) is 4.90 Å². The Morgan fingerprint density at radius 1 is 1.33 bits per heavy atom. The predicted molar refractivity (Wildman–Crippen MR) is 81.7 cm³/mol. The number of nitrogens with one attached hydrogen (secondary N) is 1. The molecule has 2 heterocycles. The predicted octanol–water partition coefficient (Wildman–Crippen LogP) is 1.52. The highest BCUT2D eigenvalue weighted by Crippen LogP contribution is 2.20. The van der Waals surface area contributed by atoms with E-state index in [2.05, 4.69) is 5.10 Å². The number of aromatic nitrogens is 2. The SMILES string of the molecule is OC1CC[NH+](Cn2nc(-c3ccc(Cl)cc3)oc2=S)CC1. The lowest BCUT2D eigenvalue weighted by molar-refractivity contribution is -0.929. The molecule has 7 heteroatoms. The molecule has 1 aromatic heterocycles. The summed E-state index contributed by atoms with van der Waals surface area (Å²) < 4.78 is 7.28. The first-order valence-corrected chi connectivity index (χ1v) is 7.76. The van der Waals surface area contributed by atoms with Gasteiger partial charge in [-0.25, -0.2) is 0 Å². The highest BCUT2D eigenvalue weighted by Gasteiger charge is 2.21. The Balaban J connectivity index is 1.75. The average Bonchev–Trinajstić information content (AvgIpc) is 2.83. The highest BCUT2D eigenvalue weighted by molar-refractivity contribution is 7.71. The number of hydrogen-bond donors (Lipinski definition) is 2. The summed E-state index contributed by atoms with van der Waals surface area (Å²) in [5, 5.41) is 14.7. The second-order valence-corrected chi connectivity index (χ2v) is 6.10. The van der Waals surface area contributed by atoms with Crippen molar-refractivity contribution in [2.45, 2.75) is 25.6 Å². The zero-order chi connectivity index (χ0) is 14.8. The summed E-state index contributed by atoms with van der Waals surface area (Å²) in [6, 6.07) is 7.31. The molecule has 1 fully saturated rings. The van der Waals surface area contributed by atoms with E-state index < -0.39 is 0 Å². The van der Waals surface area contributed by atoms with Crippen LogP contribution in [-0.4, -0.2) is 34.1 Å². The molecule has 0 atom stereocenters. The van der Waals surface area contributed by atoms with E-state index in [1.807, 2.05) is 12.1 Å². The number of nitrogens with zero attached hydrogens (tertiary/aromatic N) is 2. The molecule has 0 radical (unpaired) electrons. The van der Waals surface area contributed by atoms with E-state index >= 15 is 0 Å². The maximum absolute atomic E-state index is 9.54. The van der Waals surface area contributed by atoms with Crippen molar-refractivity contribution in [3.05, 3.63) is 34.1 Å². The van der Waals surface area contributed by atoms with Gasteiger partial charge in [0.05, 0.1) is 19.2 Å². The molecule has 3 rings (SSSR count). The van der Waals surface area contributed by atoms with Crippen molar-refractivity contribution in [1.29, 1.82) is 0 Å². The first-order chi connectivity index (χ1) is 10.1. The molecule has 0 saturated carbocycles. The van der Waals surface area contributed by atoms with Gasteiger partial charge in [-0.3, -0.25) is 0 Å². The van der Waals surface area contributed by atoms with Gasteiger partial charge in [0, 0.05) is 23.4 Å². The Labute approximate surface area is 132 Å². The summed E-state index contributed by atoms with van der Waals surface area (Å²) >= 11 is 11.1. The number of likely N-dealkylation sites (tertiary alicyclic amines) is 1. The van der Waals surface area contributed by atoms with Crippen LogP contribution in [0.4, 0.5) is 0 Å². The fraction of sp³-hybridized carbons (Fsp3) is 0.429. The number of rotatable bonds is 3.